The van der Waals surface area contributed by atoms with Crippen molar-refractivity contribution in [2.24, 2.45) is 0 Å². The Morgan fingerprint density at radius 2 is 2.15 bits per heavy atom. The molecule has 2 aromatic heterocycles. The maximum atomic E-state index is 4.22. The molecule has 13 heavy (non-hydrogen) atoms. The van der Waals surface area contributed by atoms with Crippen LogP contribution in [-0.4, -0.2) is 15.0 Å². The summed E-state index contributed by atoms with van der Waals surface area (Å²) in [4.78, 5) is 12.5. The molecule has 0 amide bonds. The first-order chi connectivity index (χ1) is 6.29. The van der Waals surface area contributed by atoms with Gasteiger partial charge in [0.25, 0.3) is 0 Å². The summed E-state index contributed by atoms with van der Waals surface area (Å²) < 4.78 is 0. The van der Waals surface area contributed by atoms with Crippen LogP contribution in [-0.2, 0) is 0 Å². The average Bonchev–Trinajstić information content (AvgIpc) is 2.17. The van der Waals surface area contributed by atoms with Gasteiger partial charge in [0.05, 0.1) is 11.2 Å². The minimum atomic E-state index is 0.817. The van der Waals surface area contributed by atoms with Crippen LogP contribution in [0.3, 0.4) is 0 Å². The number of nitrogens with zero attached hydrogens (tertiary/aromatic N) is 3. The van der Waals surface area contributed by atoms with Gasteiger partial charge in [-0.3, -0.25) is 4.98 Å². The maximum Gasteiger partial charge on any atom is 0.116 e. The van der Waals surface area contributed by atoms with Gasteiger partial charge in [-0.05, 0) is 24.6 Å². The van der Waals surface area contributed by atoms with Crippen LogP contribution in [0.1, 0.15) is 12.6 Å². The molecular formula is C10H9N3. The van der Waals surface area contributed by atoms with Gasteiger partial charge in [0.2, 0.25) is 0 Å². The largest absolute Gasteiger partial charge is 0.252 e. The molecule has 0 saturated carbocycles. The van der Waals surface area contributed by atoms with E-state index >= 15 is 0 Å². The summed E-state index contributed by atoms with van der Waals surface area (Å²) >= 11 is 0. The molecule has 64 valence electrons. The molecule has 0 aliphatic carbocycles. The summed E-state index contributed by atoms with van der Waals surface area (Å²) in [5.41, 5.74) is 3.41. The predicted octanol–water partition coefficient (Wildman–Crippen LogP) is 2.06. The average molecular weight is 171 g/mol. The highest BCUT2D eigenvalue weighted by molar-refractivity contribution is 5.84. The van der Waals surface area contributed by atoms with Crippen molar-refractivity contribution < 1.29 is 0 Å². The second kappa shape index (κ2) is 2.94. The first kappa shape index (κ1) is 7.86. The molecule has 2 heterocycles. The Morgan fingerprint density at radius 3 is 2.92 bits per heavy atom. The first-order valence-corrected chi connectivity index (χ1v) is 4.00. The van der Waals surface area contributed by atoms with E-state index in [0.29, 0.717) is 0 Å². The lowest BCUT2D eigenvalue weighted by atomic mass is 10.2. The van der Waals surface area contributed by atoms with Crippen molar-refractivity contribution in [3.05, 3.63) is 36.9 Å². The Labute approximate surface area is 76.2 Å². The minimum Gasteiger partial charge on any atom is -0.252 e. The lowest BCUT2D eigenvalue weighted by molar-refractivity contribution is 1.17. The van der Waals surface area contributed by atoms with Crippen molar-refractivity contribution in [1.82, 2.24) is 15.0 Å². The Balaban J connectivity index is 2.83. The van der Waals surface area contributed by atoms with Crippen LogP contribution < -0.4 is 0 Å². The molecule has 2 aromatic rings. The van der Waals surface area contributed by atoms with Crippen molar-refractivity contribution in [3.63, 3.8) is 0 Å². The van der Waals surface area contributed by atoms with Gasteiger partial charge in [-0.2, -0.15) is 0 Å². The van der Waals surface area contributed by atoms with E-state index in [-0.39, 0.29) is 0 Å². The molecule has 0 saturated heterocycles. The SMILES string of the molecule is C=C(C)c1ncnc2cccnc12. The van der Waals surface area contributed by atoms with Gasteiger partial charge >= 0.3 is 0 Å². The van der Waals surface area contributed by atoms with E-state index in [1.165, 1.54) is 6.33 Å². The lowest BCUT2D eigenvalue weighted by Gasteiger charge is -2.01. The van der Waals surface area contributed by atoms with Gasteiger partial charge in [-0.15, -0.1) is 0 Å². The molecule has 0 aliphatic heterocycles. The van der Waals surface area contributed by atoms with Crippen molar-refractivity contribution in [2.45, 2.75) is 6.92 Å². The van der Waals surface area contributed by atoms with Crippen molar-refractivity contribution >= 4 is 16.6 Å². The van der Waals surface area contributed by atoms with Gasteiger partial charge in [0.1, 0.15) is 11.8 Å². The van der Waals surface area contributed by atoms with Gasteiger partial charge in [0.15, 0.2) is 0 Å². The molecule has 0 fully saturated rings. The van der Waals surface area contributed by atoms with Crippen molar-refractivity contribution in [2.75, 3.05) is 0 Å². The van der Waals surface area contributed by atoms with Gasteiger partial charge in [-0.1, -0.05) is 6.58 Å². The third-order valence-corrected chi connectivity index (χ3v) is 1.80. The number of aromatic nitrogens is 3. The van der Waals surface area contributed by atoms with E-state index in [2.05, 4.69) is 21.5 Å². The monoisotopic (exact) mass is 171 g/mol. The van der Waals surface area contributed by atoms with E-state index in [0.717, 1.165) is 22.3 Å². The number of allylic oxidation sites excluding steroid dienone is 1. The molecule has 0 N–H and O–H groups in total. The van der Waals surface area contributed by atoms with E-state index in [1.54, 1.807) is 6.20 Å². The molecule has 3 nitrogen and oxygen atoms in total. The third-order valence-electron chi connectivity index (χ3n) is 1.80. The fourth-order valence-electron chi connectivity index (χ4n) is 1.21. The second-order valence-electron chi connectivity index (χ2n) is 2.87. The number of rotatable bonds is 1. The van der Waals surface area contributed by atoms with Gasteiger partial charge < -0.3 is 0 Å². The summed E-state index contributed by atoms with van der Waals surface area (Å²) in [5, 5.41) is 0. The van der Waals surface area contributed by atoms with Crippen LogP contribution in [0.5, 0.6) is 0 Å². The quantitative estimate of drug-likeness (QED) is 0.659. The molecular weight excluding hydrogens is 162 g/mol. The standard InChI is InChI=1S/C10H9N3/c1-7(2)9-10-8(12-6-13-9)4-3-5-11-10/h3-6H,1H2,2H3. The Kier molecular flexibility index (Phi) is 1.77. The minimum absolute atomic E-state index is 0.817. The van der Waals surface area contributed by atoms with Crippen LogP contribution in [0.4, 0.5) is 0 Å². The number of hydrogen-bond acceptors (Lipinski definition) is 3. The van der Waals surface area contributed by atoms with Crippen LogP contribution in [0.15, 0.2) is 31.2 Å². The highest BCUT2D eigenvalue weighted by Crippen LogP contribution is 2.16. The Hall–Kier alpha value is -1.77. The summed E-state index contributed by atoms with van der Waals surface area (Å²) in [6.07, 6.45) is 3.27. The van der Waals surface area contributed by atoms with Crippen molar-refractivity contribution in [3.8, 4) is 0 Å². The topological polar surface area (TPSA) is 38.7 Å². The summed E-state index contributed by atoms with van der Waals surface area (Å²) in [7, 11) is 0. The summed E-state index contributed by atoms with van der Waals surface area (Å²) in [6, 6.07) is 3.77. The summed E-state index contributed by atoms with van der Waals surface area (Å²) in [6.45, 7) is 5.76. The van der Waals surface area contributed by atoms with E-state index in [4.69, 9.17) is 0 Å². The molecule has 0 aromatic carbocycles. The highest BCUT2D eigenvalue weighted by atomic mass is 14.9. The first-order valence-electron chi connectivity index (χ1n) is 4.00. The van der Waals surface area contributed by atoms with Crippen LogP contribution in [0.25, 0.3) is 16.6 Å². The molecule has 2 rings (SSSR count). The van der Waals surface area contributed by atoms with E-state index in [1.807, 2.05) is 19.1 Å². The number of fused-ring (bicyclic) bond motifs is 1. The normalized spacial score (nSPS) is 10.2. The van der Waals surface area contributed by atoms with Crippen LogP contribution >= 0.6 is 0 Å². The van der Waals surface area contributed by atoms with Crippen molar-refractivity contribution in [1.29, 1.82) is 0 Å². The molecule has 0 unspecified atom stereocenters. The molecule has 0 radical (unpaired) electrons. The molecule has 0 atom stereocenters. The molecule has 3 heteroatoms. The highest BCUT2D eigenvalue weighted by Gasteiger charge is 2.03. The fourth-order valence-corrected chi connectivity index (χ4v) is 1.21. The number of pyridine rings is 1. The number of hydrogen-bond donors (Lipinski definition) is 0. The molecule has 0 aliphatic rings. The van der Waals surface area contributed by atoms with Crippen LogP contribution in [0, 0.1) is 0 Å². The maximum absolute atomic E-state index is 4.22. The predicted molar refractivity (Wildman–Crippen MR) is 52.0 cm³/mol. The van der Waals surface area contributed by atoms with E-state index in [9.17, 15) is 0 Å². The zero-order valence-corrected chi connectivity index (χ0v) is 7.36. The zero-order valence-electron chi connectivity index (χ0n) is 7.36. The van der Waals surface area contributed by atoms with Crippen LogP contribution in [0.2, 0.25) is 0 Å². The van der Waals surface area contributed by atoms with Gasteiger partial charge in [-0.25, -0.2) is 9.97 Å². The Morgan fingerprint density at radius 1 is 1.31 bits per heavy atom. The van der Waals surface area contributed by atoms with Gasteiger partial charge in [0, 0.05) is 6.20 Å². The fraction of sp³-hybridized carbons (Fsp3) is 0.100. The zero-order chi connectivity index (χ0) is 9.26. The van der Waals surface area contributed by atoms with E-state index < -0.39 is 0 Å². The molecule has 0 spiro atoms. The lowest BCUT2D eigenvalue weighted by Crippen LogP contribution is -1.92. The summed E-state index contributed by atoms with van der Waals surface area (Å²) in [5.74, 6) is 0. The Bertz CT molecular complexity index is 457. The third kappa shape index (κ3) is 1.28. The molecule has 0 bridgehead atoms. The second-order valence-corrected chi connectivity index (χ2v) is 2.87. The smallest absolute Gasteiger partial charge is 0.116 e.